The van der Waals surface area contributed by atoms with Crippen LogP contribution in [0.4, 0.5) is 0 Å². The minimum absolute atomic E-state index is 0.137. The number of carbonyl (C=O) groups excluding carboxylic acids is 1. The zero-order chi connectivity index (χ0) is 18.4. The lowest BCUT2D eigenvalue weighted by Gasteiger charge is -2.27. The van der Waals surface area contributed by atoms with Crippen molar-refractivity contribution in [3.63, 3.8) is 0 Å². The minimum atomic E-state index is 0.137. The molecule has 2 aliphatic heterocycles. The van der Waals surface area contributed by atoms with Gasteiger partial charge in [-0.05, 0) is 64.0 Å². The normalized spacial score (nSPS) is 18.1. The molecule has 1 aromatic carbocycles. The topological polar surface area (TPSA) is 54.0 Å². The quantitative estimate of drug-likeness (QED) is 0.720. The first-order valence-corrected chi connectivity index (χ1v) is 9.69. The maximum Gasteiger partial charge on any atom is 0.231 e. The van der Waals surface area contributed by atoms with Crippen molar-refractivity contribution < 1.29 is 14.3 Å². The Balaban J connectivity index is 1.36. The van der Waals surface area contributed by atoms with Gasteiger partial charge in [0.15, 0.2) is 11.5 Å². The second-order valence-corrected chi connectivity index (χ2v) is 7.41. The highest BCUT2D eigenvalue weighted by Gasteiger charge is 2.16. The first-order valence-electron chi connectivity index (χ1n) is 9.69. The van der Waals surface area contributed by atoms with Crippen molar-refractivity contribution in [3.8, 4) is 11.5 Å². The van der Waals surface area contributed by atoms with Crippen molar-refractivity contribution >= 4 is 5.91 Å². The number of amides is 1. The molecule has 0 radical (unpaired) electrons. The third-order valence-electron chi connectivity index (χ3n) is 5.35. The van der Waals surface area contributed by atoms with Gasteiger partial charge >= 0.3 is 0 Å². The predicted molar refractivity (Wildman–Crippen MR) is 101 cm³/mol. The lowest BCUT2D eigenvalue weighted by molar-refractivity contribution is -0.122. The number of hydrogen-bond donors (Lipinski definition) is 1. The van der Waals surface area contributed by atoms with Crippen molar-refractivity contribution in [2.24, 2.45) is 0 Å². The molecule has 1 fully saturated rings. The number of hydrogen-bond acceptors (Lipinski definition) is 5. The van der Waals surface area contributed by atoms with E-state index in [1.54, 1.807) is 0 Å². The number of ether oxygens (including phenoxy) is 2. The lowest BCUT2D eigenvalue weighted by atomic mass is 10.1. The summed E-state index contributed by atoms with van der Waals surface area (Å²) in [6.45, 7) is 6.20. The molecule has 0 spiro atoms. The summed E-state index contributed by atoms with van der Waals surface area (Å²) < 4.78 is 10.8. The summed E-state index contributed by atoms with van der Waals surface area (Å²) in [5.74, 6) is 1.77. The number of rotatable bonds is 8. The van der Waals surface area contributed by atoms with Crippen molar-refractivity contribution in [1.82, 2.24) is 15.1 Å². The van der Waals surface area contributed by atoms with E-state index in [1.165, 1.54) is 24.8 Å². The Morgan fingerprint density at radius 3 is 2.81 bits per heavy atom. The maximum atomic E-state index is 12.1. The molecule has 6 nitrogen and oxygen atoms in total. The average molecular weight is 361 g/mol. The molecule has 0 aliphatic carbocycles. The summed E-state index contributed by atoms with van der Waals surface area (Å²) in [6, 6.07) is 6.41. The third kappa shape index (κ3) is 5.35. The van der Waals surface area contributed by atoms with Gasteiger partial charge in [-0.3, -0.25) is 9.69 Å². The van der Waals surface area contributed by atoms with Crippen LogP contribution in [0, 0.1) is 0 Å². The van der Waals surface area contributed by atoms with Crippen LogP contribution >= 0.6 is 0 Å². The number of benzene rings is 1. The Hall–Kier alpha value is -1.79. The number of likely N-dealkylation sites (N-methyl/N-ethyl adjacent to an activating group) is 1. The summed E-state index contributed by atoms with van der Waals surface area (Å²) in [7, 11) is 2.04. The Labute approximate surface area is 156 Å². The van der Waals surface area contributed by atoms with Crippen LogP contribution in [0.2, 0.25) is 0 Å². The van der Waals surface area contributed by atoms with Crippen molar-refractivity contribution in [1.29, 1.82) is 0 Å². The molecule has 2 aliphatic rings. The fourth-order valence-corrected chi connectivity index (χ4v) is 3.46. The fourth-order valence-electron chi connectivity index (χ4n) is 3.46. The van der Waals surface area contributed by atoms with E-state index < -0.39 is 0 Å². The highest BCUT2D eigenvalue weighted by atomic mass is 16.7. The molecule has 1 amide bonds. The van der Waals surface area contributed by atoms with Gasteiger partial charge in [-0.1, -0.05) is 12.5 Å². The zero-order valence-electron chi connectivity index (χ0n) is 16.0. The van der Waals surface area contributed by atoms with Gasteiger partial charge in [0.2, 0.25) is 12.7 Å². The molecule has 1 N–H and O–H groups in total. The van der Waals surface area contributed by atoms with Crippen molar-refractivity contribution in [3.05, 3.63) is 23.8 Å². The molecule has 1 atom stereocenters. The number of piperidine rings is 1. The Bertz CT molecular complexity index is 602. The van der Waals surface area contributed by atoms with Crippen LogP contribution in [-0.4, -0.2) is 61.9 Å². The molecule has 26 heavy (non-hydrogen) atoms. The molecule has 0 bridgehead atoms. The molecule has 0 saturated carbocycles. The molecule has 1 aromatic rings. The monoisotopic (exact) mass is 361 g/mol. The molecule has 3 rings (SSSR count). The molecule has 0 aromatic heterocycles. The first kappa shape index (κ1) is 19.0. The van der Waals surface area contributed by atoms with E-state index in [2.05, 4.69) is 28.1 Å². The van der Waals surface area contributed by atoms with Crippen molar-refractivity contribution in [2.45, 2.75) is 45.1 Å². The lowest BCUT2D eigenvalue weighted by Crippen LogP contribution is -2.42. The second-order valence-electron chi connectivity index (χ2n) is 7.41. The van der Waals surface area contributed by atoms with Gasteiger partial charge in [0, 0.05) is 19.0 Å². The van der Waals surface area contributed by atoms with Gasteiger partial charge in [0.1, 0.15) is 0 Å². The third-order valence-corrected chi connectivity index (χ3v) is 5.35. The van der Waals surface area contributed by atoms with Gasteiger partial charge in [0.25, 0.3) is 0 Å². The minimum Gasteiger partial charge on any atom is -0.454 e. The highest BCUT2D eigenvalue weighted by Crippen LogP contribution is 2.32. The number of nitrogens with zero attached hydrogens (tertiary/aromatic N) is 2. The van der Waals surface area contributed by atoms with E-state index in [0.29, 0.717) is 25.9 Å². The maximum absolute atomic E-state index is 12.1. The largest absolute Gasteiger partial charge is 0.454 e. The molecule has 1 saturated heterocycles. The van der Waals surface area contributed by atoms with Gasteiger partial charge in [-0.25, -0.2) is 0 Å². The molecular weight excluding hydrogens is 330 g/mol. The van der Waals surface area contributed by atoms with E-state index in [0.717, 1.165) is 37.6 Å². The summed E-state index contributed by atoms with van der Waals surface area (Å²) in [5.41, 5.74) is 1.21. The predicted octanol–water partition coefficient (Wildman–Crippen LogP) is 2.23. The van der Waals surface area contributed by atoms with Crippen LogP contribution in [-0.2, 0) is 11.2 Å². The van der Waals surface area contributed by atoms with Crippen LogP contribution in [0.3, 0.4) is 0 Å². The van der Waals surface area contributed by atoms with Gasteiger partial charge in [-0.15, -0.1) is 0 Å². The Morgan fingerprint density at radius 1 is 1.23 bits per heavy atom. The van der Waals surface area contributed by atoms with Crippen LogP contribution in [0.25, 0.3) is 0 Å². The average Bonchev–Trinajstić information content (AvgIpc) is 3.13. The molecular formula is C20H31N3O3. The Morgan fingerprint density at radius 2 is 2.00 bits per heavy atom. The summed E-state index contributed by atoms with van der Waals surface area (Å²) >= 11 is 0. The molecule has 144 valence electrons. The molecule has 1 unspecified atom stereocenters. The summed E-state index contributed by atoms with van der Waals surface area (Å²) in [6.07, 6.45) is 5.35. The number of carbonyl (C=O) groups is 1. The van der Waals surface area contributed by atoms with Gasteiger partial charge in [0.05, 0.1) is 6.67 Å². The highest BCUT2D eigenvalue weighted by molar-refractivity contribution is 5.75. The summed E-state index contributed by atoms with van der Waals surface area (Å²) in [4.78, 5) is 16.7. The first-order chi connectivity index (χ1) is 12.6. The van der Waals surface area contributed by atoms with Crippen molar-refractivity contribution in [2.75, 3.05) is 40.1 Å². The molecule has 6 heteroatoms. The summed E-state index contributed by atoms with van der Waals surface area (Å²) in [5, 5.41) is 3.05. The number of likely N-dealkylation sites (tertiary alicyclic amines) is 1. The number of fused-ring (bicyclic) bond motifs is 1. The standard InChI is InChI=1S/C20H31N3O3/c1-16(12-17-6-7-18-19(13-17)26-15-25-18)22(2)14-21-20(24)8-11-23-9-4-3-5-10-23/h6-7,13,16H,3-5,8-12,14-15H2,1-2H3,(H,21,24). The fraction of sp³-hybridized carbons (Fsp3) is 0.650. The van der Waals surface area contributed by atoms with E-state index in [4.69, 9.17) is 9.47 Å². The molecule has 2 heterocycles. The van der Waals surface area contributed by atoms with E-state index in [-0.39, 0.29) is 5.91 Å². The van der Waals surface area contributed by atoms with E-state index in [1.807, 2.05) is 19.2 Å². The second kappa shape index (κ2) is 9.24. The van der Waals surface area contributed by atoms with E-state index in [9.17, 15) is 4.79 Å². The van der Waals surface area contributed by atoms with E-state index >= 15 is 0 Å². The smallest absolute Gasteiger partial charge is 0.231 e. The Kier molecular flexibility index (Phi) is 6.74. The van der Waals surface area contributed by atoms with Crippen LogP contribution in [0.15, 0.2) is 18.2 Å². The van der Waals surface area contributed by atoms with Gasteiger partial charge in [-0.2, -0.15) is 0 Å². The number of nitrogens with one attached hydrogen (secondary N) is 1. The SMILES string of the molecule is CC(Cc1ccc2c(c1)OCO2)N(C)CNC(=O)CCN1CCCCC1. The van der Waals surface area contributed by atoms with Crippen LogP contribution in [0.5, 0.6) is 11.5 Å². The van der Waals surface area contributed by atoms with Gasteiger partial charge < -0.3 is 19.7 Å². The zero-order valence-corrected chi connectivity index (χ0v) is 16.0. The van der Waals surface area contributed by atoms with Crippen LogP contribution in [0.1, 0.15) is 38.2 Å². The van der Waals surface area contributed by atoms with Crippen LogP contribution < -0.4 is 14.8 Å².